The maximum Gasteiger partial charge on any atom is 0.414 e. The van der Waals surface area contributed by atoms with Gasteiger partial charge in [0, 0.05) is 31.3 Å². The van der Waals surface area contributed by atoms with Crippen molar-refractivity contribution >= 4 is 34.7 Å². The van der Waals surface area contributed by atoms with E-state index in [0.29, 0.717) is 30.9 Å². The molecule has 0 aliphatic carbocycles. The van der Waals surface area contributed by atoms with Crippen LogP contribution in [0.2, 0.25) is 0 Å². The molecular weight excluding hydrogens is 473 g/mol. The van der Waals surface area contributed by atoms with Crippen molar-refractivity contribution in [3.05, 3.63) is 52.2 Å². The van der Waals surface area contributed by atoms with Gasteiger partial charge in [-0.15, -0.1) is 16.4 Å². The molecule has 2 fully saturated rings. The molecule has 2 aliphatic heterocycles. The van der Waals surface area contributed by atoms with Gasteiger partial charge >= 0.3 is 6.09 Å². The fourth-order valence-electron chi connectivity index (χ4n) is 4.55. The summed E-state index contributed by atoms with van der Waals surface area (Å²) in [6, 6.07) is 9.06. The lowest BCUT2D eigenvalue weighted by atomic mass is 10.0. The molecule has 1 atom stereocenters. The highest BCUT2D eigenvalue weighted by Gasteiger charge is 2.33. The molecule has 2 amide bonds. The quantitative estimate of drug-likeness (QED) is 0.533. The summed E-state index contributed by atoms with van der Waals surface area (Å²) in [6.07, 6.45) is 1.28. The highest BCUT2D eigenvalue weighted by atomic mass is 32.1. The predicted octanol–water partition coefficient (Wildman–Crippen LogP) is 2.77. The van der Waals surface area contributed by atoms with Crippen molar-refractivity contribution in [1.82, 2.24) is 25.5 Å². The lowest BCUT2D eigenvalue weighted by molar-refractivity contribution is -0.119. The molecule has 0 bridgehead atoms. The molecule has 1 N–H and O–H groups in total. The monoisotopic (exact) mass is 499 g/mol. The molecule has 184 valence electrons. The highest BCUT2D eigenvalue weighted by Crippen LogP contribution is 2.32. The second-order valence-corrected chi connectivity index (χ2v) is 9.74. The lowest BCUT2D eigenvalue weighted by Crippen LogP contribution is -2.36. The summed E-state index contributed by atoms with van der Waals surface area (Å²) in [5.41, 5.74) is 0.938. The minimum atomic E-state index is -0.548. The van der Waals surface area contributed by atoms with E-state index in [0.717, 1.165) is 18.7 Å². The van der Waals surface area contributed by atoms with Gasteiger partial charge in [0.25, 0.3) is 0 Å². The Labute approximate surface area is 205 Å². The number of nitrogens with one attached hydrogen (secondary N) is 1. The number of tetrazole rings is 1. The average Bonchev–Trinajstić information content (AvgIpc) is 3.60. The zero-order chi connectivity index (χ0) is 24.4. The SMILES string of the molecule is CC(=O)NCC1CN(c2ccc(N3CCC(n4nnnc4Cc4cccs4)CC3)c(F)c2)C(=O)O1. The van der Waals surface area contributed by atoms with Crippen LogP contribution in [0.15, 0.2) is 35.7 Å². The number of carbonyl (C=O) groups excluding carboxylic acids is 2. The highest BCUT2D eigenvalue weighted by molar-refractivity contribution is 7.09. The summed E-state index contributed by atoms with van der Waals surface area (Å²) in [6.45, 7) is 3.22. The number of halogens is 1. The number of nitrogens with zero attached hydrogens (tertiary/aromatic N) is 6. The standard InChI is InChI=1S/C23H26FN7O3S/c1-15(32)25-13-18-14-30(23(33)34-18)17-4-5-21(20(24)11-17)29-8-6-16(7-9-29)31-22(26-27-28-31)12-19-3-2-10-35-19/h2-5,10-11,16,18H,6-9,12-14H2,1H3,(H,25,32). The molecule has 1 unspecified atom stereocenters. The molecule has 2 aliphatic rings. The van der Waals surface area contributed by atoms with Gasteiger partial charge in [-0.05, 0) is 52.9 Å². The summed E-state index contributed by atoms with van der Waals surface area (Å²) in [7, 11) is 0. The number of rotatable bonds is 7. The van der Waals surface area contributed by atoms with Gasteiger partial charge in [-0.1, -0.05) is 6.07 Å². The summed E-state index contributed by atoms with van der Waals surface area (Å²) in [5, 5.41) is 17.0. The Morgan fingerprint density at radius 2 is 2.11 bits per heavy atom. The van der Waals surface area contributed by atoms with E-state index >= 15 is 4.39 Å². The summed E-state index contributed by atoms with van der Waals surface area (Å²) in [4.78, 5) is 28.0. The van der Waals surface area contributed by atoms with Gasteiger partial charge in [0.05, 0.1) is 30.5 Å². The van der Waals surface area contributed by atoms with Gasteiger partial charge in [-0.2, -0.15) is 0 Å². The molecule has 1 aromatic carbocycles. The molecule has 2 saturated heterocycles. The molecule has 0 spiro atoms. The van der Waals surface area contributed by atoms with Crippen LogP contribution in [0.1, 0.15) is 36.5 Å². The van der Waals surface area contributed by atoms with Crippen LogP contribution in [0, 0.1) is 5.82 Å². The van der Waals surface area contributed by atoms with Crippen molar-refractivity contribution < 1.29 is 18.7 Å². The number of piperidine rings is 1. The normalized spacial score (nSPS) is 18.7. The van der Waals surface area contributed by atoms with Crippen LogP contribution in [0.3, 0.4) is 0 Å². The molecule has 10 nitrogen and oxygen atoms in total. The smallest absolute Gasteiger partial charge is 0.414 e. The van der Waals surface area contributed by atoms with Crippen LogP contribution in [-0.2, 0) is 16.0 Å². The van der Waals surface area contributed by atoms with Crippen LogP contribution >= 0.6 is 11.3 Å². The van der Waals surface area contributed by atoms with E-state index in [1.807, 2.05) is 21.0 Å². The van der Waals surface area contributed by atoms with E-state index in [2.05, 4.69) is 26.9 Å². The molecular formula is C23H26FN7O3S. The summed E-state index contributed by atoms with van der Waals surface area (Å²) < 4.78 is 22.3. The van der Waals surface area contributed by atoms with E-state index in [4.69, 9.17) is 4.74 Å². The Balaban J connectivity index is 1.21. The third-order valence-electron chi connectivity index (χ3n) is 6.32. The first-order valence-electron chi connectivity index (χ1n) is 11.5. The number of amides is 2. The lowest BCUT2D eigenvalue weighted by Gasteiger charge is -2.34. The second-order valence-electron chi connectivity index (χ2n) is 8.70. The number of ether oxygens (including phenoxy) is 1. The van der Waals surface area contributed by atoms with Crippen molar-refractivity contribution in [1.29, 1.82) is 0 Å². The molecule has 5 rings (SSSR count). The number of aromatic nitrogens is 4. The summed E-state index contributed by atoms with van der Waals surface area (Å²) >= 11 is 1.68. The summed E-state index contributed by atoms with van der Waals surface area (Å²) in [5.74, 6) is 0.257. The van der Waals surface area contributed by atoms with Crippen LogP contribution in [-0.4, -0.2) is 64.5 Å². The number of anilines is 2. The Kier molecular flexibility index (Phi) is 6.62. The molecule has 0 saturated carbocycles. The molecule has 3 aromatic rings. The van der Waals surface area contributed by atoms with Crippen molar-refractivity contribution in [2.24, 2.45) is 0 Å². The fraction of sp³-hybridized carbons (Fsp3) is 0.435. The number of hydrogen-bond donors (Lipinski definition) is 1. The minimum absolute atomic E-state index is 0.165. The molecule has 2 aromatic heterocycles. The molecule has 12 heteroatoms. The Hall–Kier alpha value is -3.54. The van der Waals surface area contributed by atoms with Gasteiger partial charge in [0.15, 0.2) is 5.82 Å². The Morgan fingerprint density at radius 3 is 2.83 bits per heavy atom. The van der Waals surface area contributed by atoms with Gasteiger partial charge in [-0.25, -0.2) is 13.9 Å². The number of thiophene rings is 1. The van der Waals surface area contributed by atoms with Gasteiger partial charge < -0.3 is 15.0 Å². The largest absolute Gasteiger partial charge is 0.442 e. The first-order valence-corrected chi connectivity index (χ1v) is 12.4. The van der Waals surface area contributed by atoms with Gasteiger partial charge in [-0.3, -0.25) is 9.69 Å². The second kappa shape index (κ2) is 9.98. The third-order valence-corrected chi connectivity index (χ3v) is 7.20. The molecule has 0 radical (unpaired) electrons. The van der Waals surface area contributed by atoms with Crippen molar-refractivity contribution in [3.63, 3.8) is 0 Å². The maximum absolute atomic E-state index is 15.1. The van der Waals surface area contributed by atoms with Crippen molar-refractivity contribution in [2.45, 2.75) is 38.3 Å². The van der Waals surface area contributed by atoms with Crippen LogP contribution < -0.4 is 15.1 Å². The van der Waals surface area contributed by atoms with E-state index in [1.165, 1.54) is 22.8 Å². The van der Waals surface area contributed by atoms with Gasteiger partial charge in [0.2, 0.25) is 5.91 Å². The zero-order valence-corrected chi connectivity index (χ0v) is 20.1. The minimum Gasteiger partial charge on any atom is -0.442 e. The van der Waals surface area contributed by atoms with Crippen LogP contribution in [0.5, 0.6) is 0 Å². The van der Waals surface area contributed by atoms with Crippen molar-refractivity contribution in [3.8, 4) is 0 Å². The molecule has 35 heavy (non-hydrogen) atoms. The topological polar surface area (TPSA) is 105 Å². The fourth-order valence-corrected chi connectivity index (χ4v) is 5.25. The number of cyclic esters (lactones) is 1. The van der Waals surface area contributed by atoms with Gasteiger partial charge in [0.1, 0.15) is 11.9 Å². The Bertz CT molecular complexity index is 1190. The van der Waals surface area contributed by atoms with Crippen LogP contribution in [0.25, 0.3) is 0 Å². The Morgan fingerprint density at radius 1 is 1.29 bits per heavy atom. The average molecular weight is 500 g/mol. The maximum atomic E-state index is 15.1. The molecule has 4 heterocycles. The first-order chi connectivity index (χ1) is 17.0. The number of benzene rings is 1. The predicted molar refractivity (Wildman–Crippen MR) is 128 cm³/mol. The van der Waals surface area contributed by atoms with Crippen LogP contribution in [0.4, 0.5) is 20.6 Å². The number of hydrogen-bond acceptors (Lipinski definition) is 8. The first kappa shape index (κ1) is 23.2. The van der Waals surface area contributed by atoms with E-state index in [1.54, 1.807) is 23.5 Å². The van der Waals surface area contributed by atoms with E-state index < -0.39 is 12.2 Å². The van der Waals surface area contributed by atoms with E-state index in [-0.39, 0.29) is 30.9 Å². The number of carbonyl (C=O) groups is 2. The zero-order valence-electron chi connectivity index (χ0n) is 19.3. The van der Waals surface area contributed by atoms with Crippen molar-refractivity contribution in [2.75, 3.05) is 36.0 Å². The van der Waals surface area contributed by atoms with E-state index in [9.17, 15) is 9.59 Å². The third kappa shape index (κ3) is 5.11.